The second kappa shape index (κ2) is 10.1. The van der Waals surface area contributed by atoms with Gasteiger partial charge >= 0.3 is 0 Å². The van der Waals surface area contributed by atoms with Crippen molar-refractivity contribution in [2.24, 2.45) is 11.8 Å². The summed E-state index contributed by atoms with van der Waals surface area (Å²) in [5.41, 5.74) is 3.60. The van der Waals surface area contributed by atoms with Gasteiger partial charge in [-0.3, -0.25) is 14.4 Å². The van der Waals surface area contributed by atoms with Crippen molar-refractivity contribution in [3.8, 4) is 0 Å². The molecule has 0 aliphatic carbocycles. The van der Waals surface area contributed by atoms with Crippen molar-refractivity contribution < 1.29 is 19.5 Å². The summed E-state index contributed by atoms with van der Waals surface area (Å²) in [4.78, 5) is 43.1. The summed E-state index contributed by atoms with van der Waals surface area (Å²) in [5.74, 6) is -1.86. The minimum Gasteiger partial charge on any atom is -0.394 e. The van der Waals surface area contributed by atoms with Gasteiger partial charge in [0.1, 0.15) is 6.04 Å². The minimum atomic E-state index is -0.798. The molecular formula is C28H32BrN3O4S. The van der Waals surface area contributed by atoms with Gasteiger partial charge < -0.3 is 20.6 Å². The summed E-state index contributed by atoms with van der Waals surface area (Å²) in [6, 6.07) is 14.1. The number of nitrogens with zero attached hydrogens (tertiary/aromatic N) is 1. The lowest BCUT2D eigenvalue weighted by atomic mass is 9.70. The number of anilines is 1. The molecule has 2 bridgehead atoms. The first-order valence-electron chi connectivity index (χ1n) is 12.6. The number of nitrogens with one attached hydrogen (secondary N) is 2. The van der Waals surface area contributed by atoms with Gasteiger partial charge in [-0.1, -0.05) is 64.5 Å². The molecule has 7 atom stereocenters. The zero-order valence-electron chi connectivity index (χ0n) is 21.1. The molecule has 3 unspecified atom stereocenters. The highest BCUT2D eigenvalue weighted by molar-refractivity contribution is 9.09. The number of aliphatic hydroxyl groups excluding tert-OH is 1. The second-order valence-electron chi connectivity index (χ2n) is 10.4. The van der Waals surface area contributed by atoms with E-state index in [1.165, 1.54) is 0 Å². The first-order valence-corrected chi connectivity index (χ1v) is 14.4. The number of aliphatic hydroxyl groups is 1. The summed E-state index contributed by atoms with van der Waals surface area (Å²) in [5, 5.41) is 16.1. The molecule has 3 fully saturated rings. The third-order valence-electron chi connectivity index (χ3n) is 8.06. The van der Waals surface area contributed by atoms with E-state index in [0.29, 0.717) is 13.0 Å². The normalized spacial score (nSPS) is 30.8. The number of fused-ring (bicyclic) bond motifs is 1. The van der Waals surface area contributed by atoms with Gasteiger partial charge in [0.25, 0.3) is 0 Å². The van der Waals surface area contributed by atoms with Crippen LogP contribution in [0.15, 0.2) is 48.5 Å². The summed E-state index contributed by atoms with van der Waals surface area (Å²) in [6.07, 6.45) is 0.598. The number of aryl methyl sites for hydroxylation is 2. The number of benzene rings is 2. The van der Waals surface area contributed by atoms with E-state index in [1.54, 1.807) is 23.6 Å². The topological polar surface area (TPSA) is 98.7 Å². The first-order chi connectivity index (χ1) is 17.7. The maximum atomic E-state index is 14.0. The Morgan fingerprint density at radius 2 is 1.81 bits per heavy atom. The smallest absolute Gasteiger partial charge is 0.248 e. The lowest BCUT2D eigenvalue weighted by molar-refractivity contribution is -0.141. The van der Waals surface area contributed by atoms with Gasteiger partial charge in [0.05, 0.1) is 29.2 Å². The third kappa shape index (κ3) is 4.29. The second-order valence-corrected chi connectivity index (χ2v) is 13.1. The minimum absolute atomic E-state index is 0.00564. The Kier molecular flexibility index (Phi) is 7.15. The Labute approximate surface area is 229 Å². The zero-order chi connectivity index (χ0) is 26.5. The van der Waals surface area contributed by atoms with Crippen molar-refractivity contribution in [1.29, 1.82) is 0 Å². The van der Waals surface area contributed by atoms with Crippen LogP contribution in [0, 0.1) is 25.7 Å². The number of carbonyl (C=O) groups is 3. The zero-order valence-corrected chi connectivity index (χ0v) is 23.5. The van der Waals surface area contributed by atoms with Crippen LogP contribution in [0.5, 0.6) is 0 Å². The molecule has 3 N–H and O–H groups in total. The van der Waals surface area contributed by atoms with Crippen LogP contribution in [0.2, 0.25) is 0 Å². The van der Waals surface area contributed by atoms with E-state index in [9.17, 15) is 19.5 Å². The number of para-hydroxylation sites is 1. The van der Waals surface area contributed by atoms with Gasteiger partial charge in [-0.25, -0.2) is 0 Å². The van der Waals surface area contributed by atoms with Crippen LogP contribution >= 0.6 is 27.7 Å². The van der Waals surface area contributed by atoms with Crippen molar-refractivity contribution in [2.75, 3.05) is 11.9 Å². The number of amides is 3. The van der Waals surface area contributed by atoms with Gasteiger partial charge in [-0.15, -0.1) is 11.8 Å². The molecule has 3 heterocycles. The van der Waals surface area contributed by atoms with Crippen molar-refractivity contribution >= 4 is 51.1 Å². The highest BCUT2D eigenvalue weighted by Crippen LogP contribution is 2.68. The molecular weight excluding hydrogens is 554 g/mol. The van der Waals surface area contributed by atoms with Crippen LogP contribution in [0.25, 0.3) is 0 Å². The molecule has 0 saturated carbocycles. The Bertz CT molecular complexity index is 1210. The summed E-state index contributed by atoms with van der Waals surface area (Å²) in [6.45, 7) is 5.74. The van der Waals surface area contributed by atoms with E-state index < -0.39 is 28.7 Å². The van der Waals surface area contributed by atoms with Gasteiger partial charge in [0, 0.05) is 22.3 Å². The number of alkyl halides is 1. The predicted molar refractivity (Wildman–Crippen MR) is 148 cm³/mol. The number of halogens is 1. The van der Waals surface area contributed by atoms with Crippen molar-refractivity contribution in [2.45, 2.75) is 60.6 Å². The number of carbonyl (C=O) groups excluding carboxylic acids is 3. The predicted octanol–water partition coefficient (Wildman–Crippen LogP) is 3.40. The number of likely N-dealkylation sites (tertiary alicyclic amines) is 1. The molecule has 3 amide bonds. The van der Waals surface area contributed by atoms with Crippen LogP contribution in [-0.2, 0) is 20.9 Å². The van der Waals surface area contributed by atoms with Crippen molar-refractivity contribution in [3.63, 3.8) is 0 Å². The number of rotatable bonds is 7. The molecule has 3 aliphatic heterocycles. The van der Waals surface area contributed by atoms with Crippen LogP contribution in [0.3, 0.4) is 0 Å². The molecule has 1 spiro atoms. The van der Waals surface area contributed by atoms with E-state index in [2.05, 4.69) is 26.6 Å². The lowest BCUT2D eigenvalue weighted by Gasteiger charge is -2.36. The Morgan fingerprint density at radius 3 is 2.46 bits per heavy atom. The fraction of sp³-hybridized carbons (Fsp3) is 0.464. The van der Waals surface area contributed by atoms with Gasteiger partial charge in [0.2, 0.25) is 17.7 Å². The van der Waals surface area contributed by atoms with E-state index >= 15 is 0 Å². The molecule has 0 aromatic heterocycles. The fourth-order valence-corrected chi connectivity index (χ4v) is 9.93. The maximum Gasteiger partial charge on any atom is 0.248 e. The molecule has 2 aromatic carbocycles. The average molecular weight is 587 g/mol. The highest BCUT2D eigenvalue weighted by atomic mass is 79.9. The third-order valence-corrected chi connectivity index (χ3v) is 11.3. The first kappa shape index (κ1) is 26.3. The van der Waals surface area contributed by atoms with E-state index in [0.717, 1.165) is 22.4 Å². The van der Waals surface area contributed by atoms with Crippen LogP contribution < -0.4 is 10.6 Å². The molecule has 37 heavy (non-hydrogen) atoms. The Morgan fingerprint density at radius 1 is 1.14 bits per heavy atom. The van der Waals surface area contributed by atoms with Crippen LogP contribution in [0.1, 0.15) is 30.0 Å². The number of thioether (sulfide) groups is 1. The lowest BCUT2D eigenvalue weighted by Crippen LogP contribution is -2.55. The van der Waals surface area contributed by atoms with Crippen molar-refractivity contribution in [3.05, 3.63) is 65.2 Å². The molecule has 3 aliphatic rings. The summed E-state index contributed by atoms with van der Waals surface area (Å²) in [7, 11) is 0. The van der Waals surface area contributed by atoms with E-state index in [1.807, 2.05) is 62.4 Å². The average Bonchev–Trinajstić information content (AvgIpc) is 3.48. The molecule has 2 aromatic rings. The molecule has 196 valence electrons. The monoisotopic (exact) mass is 585 g/mol. The van der Waals surface area contributed by atoms with Gasteiger partial charge in [0.15, 0.2) is 0 Å². The fourth-order valence-electron chi connectivity index (χ4n) is 6.33. The van der Waals surface area contributed by atoms with E-state index in [-0.39, 0.29) is 34.4 Å². The highest BCUT2D eigenvalue weighted by Gasteiger charge is 2.76. The molecule has 0 radical (unpaired) electrons. The van der Waals surface area contributed by atoms with Crippen LogP contribution in [0.4, 0.5) is 5.69 Å². The Hall–Kier alpha value is -2.36. The molecule has 5 rings (SSSR count). The number of hydrogen-bond donors (Lipinski definition) is 3. The number of hydrogen-bond acceptors (Lipinski definition) is 5. The SMILES string of the molecule is Cc1cccc(C)c1NC(=O)C1N([C@H](C)CO)C(=O)[C@@H]2[C@@H](C(=O)NCc3ccccc3)[C@@H]3SC12CC3Br. The van der Waals surface area contributed by atoms with Gasteiger partial charge in [-0.2, -0.15) is 0 Å². The molecule has 7 nitrogen and oxygen atoms in total. The summed E-state index contributed by atoms with van der Waals surface area (Å²) < 4.78 is -0.755. The standard InChI is InChI=1S/C28H32BrN3O4S/c1-15-8-7-9-16(2)22(15)31-26(35)24-28-12-19(29)23(37-28)20(21(28)27(36)32(24)17(3)14-33)25(34)30-13-18-10-5-4-6-11-18/h4-11,17,19-21,23-24,33H,12-14H2,1-3H3,(H,30,34)(H,31,35)/t17-,19?,20-,21+,23-,24?,28?/m1/s1. The summed E-state index contributed by atoms with van der Waals surface area (Å²) >= 11 is 5.37. The van der Waals surface area contributed by atoms with Gasteiger partial charge in [-0.05, 0) is 43.9 Å². The Balaban J connectivity index is 1.48. The van der Waals surface area contributed by atoms with Crippen LogP contribution in [-0.4, -0.2) is 61.2 Å². The molecule has 3 saturated heterocycles. The molecule has 9 heteroatoms. The maximum absolute atomic E-state index is 14.0. The largest absolute Gasteiger partial charge is 0.394 e. The van der Waals surface area contributed by atoms with Crippen molar-refractivity contribution in [1.82, 2.24) is 10.2 Å². The quantitative estimate of drug-likeness (QED) is 0.433. The van der Waals surface area contributed by atoms with E-state index in [4.69, 9.17) is 0 Å².